The molecular weight excluding hydrogens is 144 g/mol. The topological polar surface area (TPSA) is 0 Å². The van der Waals surface area contributed by atoms with Crippen LogP contribution in [0.15, 0.2) is 0 Å². The second-order valence-electron chi connectivity index (χ2n) is 4.45. The Morgan fingerprint density at radius 1 is 1.25 bits per heavy atom. The Labute approximate surface area is 78.8 Å². The first kappa shape index (κ1) is 12.0. The molecule has 0 heterocycles. The molecule has 0 aromatic rings. The van der Waals surface area contributed by atoms with Gasteiger partial charge in [0, 0.05) is 0 Å². The molecule has 1 radical (unpaired) electrons. The average molecular weight is 169 g/mol. The molecule has 0 aliphatic rings. The maximum atomic E-state index is 4.31. The van der Waals surface area contributed by atoms with Crippen LogP contribution in [-0.2, 0) is 0 Å². The summed E-state index contributed by atoms with van der Waals surface area (Å²) in [5.41, 5.74) is 0.309. The van der Waals surface area contributed by atoms with Gasteiger partial charge >= 0.3 is 0 Å². The van der Waals surface area contributed by atoms with Gasteiger partial charge in [0.1, 0.15) is 0 Å². The summed E-state index contributed by atoms with van der Waals surface area (Å²) in [6, 6.07) is 0. The van der Waals surface area contributed by atoms with Crippen molar-refractivity contribution in [1.82, 2.24) is 0 Å². The monoisotopic (exact) mass is 169 g/mol. The van der Waals surface area contributed by atoms with Gasteiger partial charge in [-0.3, -0.25) is 0 Å². The van der Waals surface area contributed by atoms with Crippen LogP contribution in [0.2, 0.25) is 0 Å². The van der Waals surface area contributed by atoms with E-state index >= 15 is 0 Å². The highest BCUT2D eigenvalue weighted by atomic mass is 14.3. The first-order chi connectivity index (χ1) is 5.54. The molecule has 0 saturated heterocycles. The lowest BCUT2D eigenvalue weighted by Gasteiger charge is -2.31. The van der Waals surface area contributed by atoms with Gasteiger partial charge in [-0.1, -0.05) is 53.4 Å². The molecule has 0 rings (SSSR count). The van der Waals surface area contributed by atoms with E-state index in [1.807, 2.05) is 0 Å². The van der Waals surface area contributed by atoms with Gasteiger partial charge in [-0.25, -0.2) is 0 Å². The zero-order valence-corrected chi connectivity index (χ0v) is 9.32. The summed E-state index contributed by atoms with van der Waals surface area (Å²) in [6.45, 7) is 13.5. The van der Waals surface area contributed by atoms with Crippen molar-refractivity contribution >= 4 is 0 Å². The van der Waals surface area contributed by atoms with Crippen LogP contribution >= 0.6 is 0 Å². The smallest absolute Gasteiger partial charge is 0.0300 e. The van der Waals surface area contributed by atoms with Crippen LogP contribution in [0, 0.1) is 18.3 Å². The van der Waals surface area contributed by atoms with Gasteiger partial charge in [0.15, 0.2) is 0 Å². The molecule has 2 atom stereocenters. The molecule has 0 amide bonds. The predicted molar refractivity (Wildman–Crippen MR) is 57.1 cm³/mol. The van der Waals surface area contributed by atoms with E-state index in [2.05, 4.69) is 34.6 Å². The lowest BCUT2D eigenvalue weighted by molar-refractivity contribution is 0.231. The van der Waals surface area contributed by atoms with Gasteiger partial charge in [-0.05, 0) is 24.7 Å². The van der Waals surface area contributed by atoms with E-state index in [-0.39, 0.29) is 0 Å². The van der Waals surface area contributed by atoms with Crippen molar-refractivity contribution in [2.75, 3.05) is 0 Å². The number of hydrogen-bond donors (Lipinski definition) is 0. The Hall–Kier alpha value is 0. The fraction of sp³-hybridized carbons (Fsp3) is 0.917. The van der Waals surface area contributed by atoms with Crippen LogP contribution in [0.5, 0.6) is 0 Å². The molecule has 0 bridgehead atoms. The van der Waals surface area contributed by atoms with E-state index in [9.17, 15) is 0 Å². The highest BCUT2D eigenvalue weighted by molar-refractivity contribution is 4.81. The van der Waals surface area contributed by atoms with Crippen LogP contribution in [0.3, 0.4) is 0 Å². The summed E-state index contributed by atoms with van der Waals surface area (Å²) in [5, 5.41) is 0. The number of unbranched alkanes of at least 4 members (excludes halogenated alkanes) is 1. The largest absolute Gasteiger partial charge is 0.0654 e. The fourth-order valence-corrected chi connectivity index (χ4v) is 1.68. The second kappa shape index (κ2) is 5.61. The Balaban J connectivity index is 3.79. The van der Waals surface area contributed by atoms with E-state index in [1.54, 1.807) is 0 Å². The summed E-state index contributed by atoms with van der Waals surface area (Å²) in [5.74, 6) is 0.775. The quantitative estimate of drug-likeness (QED) is 0.551. The van der Waals surface area contributed by atoms with Gasteiger partial charge < -0.3 is 0 Å². The van der Waals surface area contributed by atoms with Crippen molar-refractivity contribution in [2.45, 2.75) is 59.8 Å². The molecule has 0 aromatic heterocycles. The molecule has 12 heavy (non-hydrogen) atoms. The van der Waals surface area contributed by atoms with E-state index in [4.69, 9.17) is 0 Å². The maximum Gasteiger partial charge on any atom is -0.0300 e. The molecule has 0 aliphatic heterocycles. The first-order valence-corrected chi connectivity index (χ1v) is 5.40. The summed E-state index contributed by atoms with van der Waals surface area (Å²) in [6.07, 6.45) is 6.54. The summed E-state index contributed by atoms with van der Waals surface area (Å²) in [7, 11) is 0. The minimum absolute atomic E-state index is 0.309. The molecule has 0 saturated carbocycles. The normalized spacial score (nSPS) is 14.8. The fourth-order valence-electron chi connectivity index (χ4n) is 1.68. The van der Waals surface area contributed by atoms with Gasteiger partial charge in [0.2, 0.25) is 0 Å². The van der Waals surface area contributed by atoms with Gasteiger partial charge in [0.25, 0.3) is 0 Å². The van der Waals surface area contributed by atoms with Crippen molar-refractivity contribution in [3.05, 3.63) is 6.92 Å². The third-order valence-corrected chi connectivity index (χ3v) is 3.00. The zero-order chi connectivity index (χ0) is 9.61. The molecular formula is C12H25. The summed E-state index contributed by atoms with van der Waals surface area (Å²) in [4.78, 5) is 0. The Kier molecular flexibility index (Phi) is 5.61. The molecule has 73 valence electrons. The van der Waals surface area contributed by atoms with Crippen molar-refractivity contribution in [3.8, 4) is 0 Å². The molecule has 2 unspecified atom stereocenters. The van der Waals surface area contributed by atoms with Crippen molar-refractivity contribution in [2.24, 2.45) is 11.3 Å². The first-order valence-electron chi connectivity index (χ1n) is 5.40. The lowest BCUT2D eigenvalue weighted by atomic mass is 9.74. The molecule has 0 fully saturated rings. The Morgan fingerprint density at radius 2 is 1.83 bits per heavy atom. The van der Waals surface area contributed by atoms with Crippen LogP contribution in [-0.4, -0.2) is 0 Å². The maximum absolute atomic E-state index is 4.31. The lowest BCUT2D eigenvalue weighted by Crippen LogP contribution is -2.21. The van der Waals surface area contributed by atoms with E-state index in [1.165, 1.54) is 32.1 Å². The third kappa shape index (κ3) is 4.13. The molecule has 0 N–H and O–H groups in total. The van der Waals surface area contributed by atoms with Crippen LogP contribution in [0.4, 0.5) is 0 Å². The SMILES string of the molecule is [CH2]C(C)(CCC)C(C)CCCC. The summed E-state index contributed by atoms with van der Waals surface area (Å²) >= 11 is 0. The Bertz CT molecular complexity index is 103. The highest BCUT2D eigenvalue weighted by Crippen LogP contribution is 2.34. The molecule has 0 nitrogen and oxygen atoms in total. The minimum Gasteiger partial charge on any atom is -0.0654 e. The number of rotatable bonds is 6. The second-order valence-corrected chi connectivity index (χ2v) is 4.45. The van der Waals surface area contributed by atoms with Crippen LogP contribution in [0.1, 0.15) is 59.8 Å². The molecule has 0 aromatic carbocycles. The minimum atomic E-state index is 0.309. The standard InChI is InChI=1S/C12H25/c1-6-8-9-11(3)12(4,5)10-7-2/h11H,4,6-10H2,1-3,5H3. The van der Waals surface area contributed by atoms with Gasteiger partial charge in [-0.15, -0.1) is 0 Å². The molecule has 0 spiro atoms. The highest BCUT2D eigenvalue weighted by Gasteiger charge is 2.23. The zero-order valence-electron chi connectivity index (χ0n) is 9.32. The third-order valence-electron chi connectivity index (χ3n) is 3.00. The van der Waals surface area contributed by atoms with Gasteiger partial charge in [-0.2, -0.15) is 0 Å². The van der Waals surface area contributed by atoms with E-state index in [0.717, 1.165) is 5.92 Å². The average Bonchev–Trinajstić information content (AvgIpc) is 2.00. The van der Waals surface area contributed by atoms with Crippen LogP contribution < -0.4 is 0 Å². The van der Waals surface area contributed by atoms with Crippen molar-refractivity contribution in [3.63, 3.8) is 0 Å². The molecule has 0 heteroatoms. The van der Waals surface area contributed by atoms with Gasteiger partial charge in [0.05, 0.1) is 0 Å². The van der Waals surface area contributed by atoms with E-state index < -0.39 is 0 Å². The number of hydrogen-bond acceptors (Lipinski definition) is 0. The van der Waals surface area contributed by atoms with Crippen LogP contribution in [0.25, 0.3) is 0 Å². The predicted octanol–water partition coefficient (Wildman–Crippen LogP) is 4.45. The summed E-state index contributed by atoms with van der Waals surface area (Å²) < 4.78 is 0. The van der Waals surface area contributed by atoms with E-state index in [0.29, 0.717) is 5.41 Å². The van der Waals surface area contributed by atoms with Crippen molar-refractivity contribution < 1.29 is 0 Å². The Morgan fingerprint density at radius 3 is 2.25 bits per heavy atom. The molecule has 0 aliphatic carbocycles. The van der Waals surface area contributed by atoms with Crippen molar-refractivity contribution in [1.29, 1.82) is 0 Å².